The van der Waals surface area contributed by atoms with Crippen LogP contribution in [0.1, 0.15) is 25.8 Å². The maximum atomic E-state index is 2.34. The Kier molecular flexibility index (Phi) is 3.25. The van der Waals surface area contributed by atoms with E-state index in [9.17, 15) is 0 Å². The lowest BCUT2D eigenvalue weighted by Gasteiger charge is -2.22. The molecule has 1 aliphatic carbocycles. The zero-order valence-corrected chi connectivity index (χ0v) is 11.0. The van der Waals surface area contributed by atoms with Gasteiger partial charge in [-0.1, -0.05) is 61.5 Å². The van der Waals surface area contributed by atoms with Crippen molar-refractivity contribution >= 4 is 11.8 Å². The molecule has 0 aliphatic heterocycles. The number of rotatable bonds is 2. The van der Waals surface area contributed by atoms with Gasteiger partial charge in [0.1, 0.15) is 0 Å². The topological polar surface area (TPSA) is 0 Å². The lowest BCUT2D eigenvalue weighted by Crippen LogP contribution is -2.08. The molecular formula is C15H18S. The maximum Gasteiger partial charge on any atom is 0.0122 e. The van der Waals surface area contributed by atoms with Gasteiger partial charge in [0.05, 0.1) is 0 Å². The normalized spacial score (nSPS) is 18.3. The highest BCUT2D eigenvalue weighted by Crippen LogP contribution is 2.35. The van der Waals surface area contributed by atoms with Crippen LogP contribution in [0.5, 0.6) is 0 Å². The van der Waals surface area contributed by atoms with Crippen molar-refractivity contribution in [3.8, 4) is 0 Å². The molecule has 0 amide bonds. The van der Waals surface area contributed by atoms with Crippen molar-refractivity contribution in [1.29, 1.82) is 0 Å². The Bertz CT molecular complexity index is 421. The summed E-state index contributed by atoms with van der Waals surface area (Å²) < 4.78 is 0. The summed E-state index contributed by atoms with van der Waals surface area (Å²) in [6, 6.07) is 8.71. The molecule has 0 radical (unpaired) electrons. The smallest absolute Gasteiger partial charge is 0.0122 e. The minimum atomic E-state index is 0.331. The van der Waals surface area contributed by atoms with Gasteiger partial charge in [-0.15, -0.1) is 0 Å². The van der Waals surface area contributed by atoms with Gasteiger partial charge in [-0.25, -0.2) is 0 Å². The number of allylic oxidation sites excluding steroid dienone is 3. The molecule has 0 bridgehead atoms. The number of thioether (sulfide) groups is 1. The third kappa shape index (κ3) is 3.02. The SMILES string of the molecule is Cc1ccc(SC2=CCC(C)(C)C=C2)cc1. The number of hydrogen-bond acceptors (Lipinski definition) is 1. The van der Waals surface area contributed by atoms with Gasteiger partial charge in [-0.3, -0.25) is 0 Å². The second kappa shape index (κ2) is 4.50. The first-order valence-electron chi connectivity index (χ1n) is 5.69. The summed E-state index contributed by atoms with van der Waals surface area (Å²) in [5.74, 6) is 0. The van der Waals surface area contributed by atoms with Gasteiger partial charge in [-0.05, 0) is 30.9 Å². The Morgan fingerprint density at radius 1 is 1.12 bits per heavy atom. The van der Waals surface area contributed by atoms with E-state index >= 15 is 0 Å². The summed E-state index contributed by atoms with van der Waals surface area (Å²) in [7, 11) is 0. The van der Waals surface area contributed by atoms with Crippen LogP contribution in [0.3, 0.4) is 0 Å². The molecule has 1 aliphatic rings. The molecule has 0 atom stereocenters. The molecule has 0 heterocycles. The predicted octanol–water partition coefficient (Wildman–Crippen LogP) is 4.96. The van der Waals surface area contributed by atoms with Crippen LogP contribution in [0.4, 0.5) is 0 Å². The largest absolute Gasteiger partial charge is 0.0905 e. The van der Waals surface area contributed by atoms with Crippen molar-refractivity contribution in [3.63, 3.8) is 0 Å². The van der Waals surface area contributed by atoms with E-state index < -0.39 is 0 Å². The molecule has 1 aromatic rings. The van der Waals surface area contributed by atoms with Crippen molar-refractivity contribution < 1.29 is 0 Å². The van der Waals surface area contributed by atoms with Crippen LogP contribution in [0, 0.1) is 12.3 Å². The lowest BCUT2D eigenvalue weighted by molar-refractivity contribution is 0.484. The van der Waals surface area contributed by atoms with Crippen molar-refractivity contribution in [2.75, 3.05) is 0 Å². The molecule has 0 unspecified atom stereocenters. The molecule has 84 valence electrons. The zero-order chi connectivity index (χ0) is 11.6. The average Bonchev–Trinajstić information content (AvgIpc) is 2.24. The van der Waals surface area contributed by atoms with Crippen LogP contribution in [-0.4, -0.2) is 0 Å². The molecule has 0 nitrogen and oxygen atoms in total. The summed E-state index contributed by atoms with van der Waals surface area (Å²) in [4.78, 5) is 2.68. The summed E-state index contributed by atoms with van der Waals surface area (Å²) in [5.41, 5.74) is 1.65. The number of hydrogen-bond donors (Lipinski definition) is 0. The fourth-order valence-electron chi connectivity index (χ4n) is 1.63. The van der Waals surface area contributed by atoms with E-state index in [0.29, 0.717) is 5.41 Å². The van der Waals surface area contributed by atoms with Crippen LogP contribution >= 0.6 is 11.8 Å². The molecular weight excluding hydrogens is 212 g/mol. The Balaban J connectivity index is 2.05. The van der Waals surface area contributed by atoms with Crippen LogP contribution in [0.2, 0.25) is 0 Å². The second-order valence-corrected chi connectivity index (χ2v) is 6.19. The highest BCUT2D eigenvalue weighted by Gasteiger charge is 2.16. The van der Waals surface area contributed by atoms with Gasteiger partial charge in [-0.2, -0.15) is 0 Å². The zero-order valence-electron chi connectivity index (χ0n) is 10.2. The minimum Gasteiger partial charge on any atom is -0.0905 e. The first kappa shape index (κ1) is 11.5. The fourth-order valence-corrected chi connectivity index (χ4v) is 2.47. The van der Waals surface area contributed by atoms with E-state index in [2.05, 4.69) is 63.3 Å². The van der Waals surface area contributed by atoms with Gasteiger partial charge in [0.15, 0.2) is 0 Å². The predicted molar refractivity (Wildman–Crippen MR) is 72.7 cm³/mol. The Hall–Kier alpha value is -0.950. The second-order valence-electron chi connectivity index (χ2n) is 5.05. The van der Waals surface area contributed by atoms with E-state index in [1.165, 1.54) is 15.4 Å². The summed E-state index contributed by atoms with van der Waals surface area (Å²) in [5, 5.41) is 0. The summed E-state index contributed by atoms with van der Waals surface area (Å²) >= 11 is 1.85. The summed E-state index contributed by atoms with van der Waals surface area (Å²) in [6.07, 6.45) is 8.03. The van der Waals surface area contributed by atoms with Gasteiger partial charge < -0.3 is 0 Å². The maximum absolute atomic E-state index is 2.34. The van der Waals surface area contributed by atoms with E-state index in [4.69, 9.17) is 0 Å². The number of benzene rings is 1. The van der Waals surface area contributed by atoms with E-state index in [-0.39, 0.29) is 0 Å². The lowest BCUT2D eigenvalue weighted by atomic mass is 9.86. The molecule has 16 heavy (non-hydrogen) atoms. The van der Waals surface area contributed by atoms with E-state index in [0.717, 1.165) is 6.42 Å². The van der Waals surface area contributed by atoms with Crippen LogP contribution in [0.15, 0.2) is 52.3 Å². The van der Waals surface area contributed by atoms with Crippen molar-refractivity contribution in [2.45, 2.75) is 32.1 Å². The van der Waals surface area contributed by atoms with E-state index in [1.54, 1.807) is 0 Å². The third-order valence-corrected chi connectivity index (χ3v) is 3.83. The molecule has 2 rings (SSSR count). The first-order valence-corrected chi connectivity index (χ1v) is 6.51. The van der Waals surface area contributed by atoms with Crippen molar-refractivity contribution in [3.05, 3.63) is 53.0 Å². The first-order chi connectivity index (χ1) is 7.55. The Labute approximate surface area is 102 Å². The molecule has 0 saturated carbocycles. The molecule has 1 heteroatoms. The monoisotopic (exact) mass is 230 g/mol. The van der Waals surface area contributed by atoms with Gasteiger partial charge in [0, 0.05) is 9.80 Å². The minimum absolute atomic E-state index is 0.331. The van der Waals surface area contributed by atoms with Gasteiger partial charge in [0.2, 0.25) is 0 Å². The average molecular weight is 230 g/mol. The highest BCUT2D eigenvalue weighted by atomic mass is 32.2. The van der Waals surface area contributed by atoms with E-state index in [1.807, 2.05) is 11.8 Å². The molecule has 0 saturated heterocycles. The molecule has 0 aromatic heterocycles. The van der Waals surface area contributed by atoms with Crippen LogP contribution in [-0.2, 0) is 0 Å². The number of aryl methyl sites for hydroxylation is 1. The van der Waals surface area contributed by atoms with Crippen molar-refractivity contribution in [1.82, 2.24) is 0 Å². The third-order valence-electron chi connectivity index (χ3n) is 2.78. The van der Waals surface area contributed by atoms with Crippen LogP contribution < -0.4 is 0 Å². The van der Waals surface area contributed by atoms with Crippen LogP contribution in [0.25, 0.3) is 0 Å². The quantitative estimate of drug-likeness (QED) is 0.692. The molecule has 0 N–H and O–H groups in total. The van der Waals surface area contributed by atoms with Crippen molar-refractivity contribution in [2.24, 2.45) is 5.41 Å². The molecule has 0 fully saturated rings. The molecule has 0 spiro atoms. The Morgan fingerprint density at radius 3 is 2.38 bits per heavy atom. The summed E-state index contributed by atoms with van der Waals surface area (Å²) in [6.45, 7) is 6.66. The standard InChI is InChI=1S/C15H18S/c1-12-4-6-13(7-5-12)16-14-8-10-15(2,3)11-9-14/h4-10H,11H2,1-3H3. The van der Waals surface area contributed by atoms with Gasteiger partial charge >= 0.3 is 0 Å². The Morgan fingerprint density at radius 2 is 1.81 bits per heavy atom. The van der Waals surface area contributed by atoms with Gasteiger partial charge in [0.25, 0.3) is 0 Å². The highest BCUT2D eigenvalue weighted by molar-refractivity contribution is 8.03. The molecule has 1 aromatic carbocycles. The fraction of sp³-hybridized carbons (Fsp3) is 0.333.